The fourth-order valence-electron chi connectivity index (χ4n) is 3.29. The van der Waals surface area contributed by atoms with Gasteiger partial charge in [-0.3, -0.25) is 9.69 Å². The zero-order valence-electron chi connectivity index (χ0n) is 15.1. The van der Waals surface area contributed by atoms with Gasteiger partial charge in [-0.2, -0.15) is 0 Å². The second-order valence-electron chi connectivity index (χ2n) is 7.91. The molecule has 0 radical (unpaired) electrons. The standard InChI is InChI=1S/C20H21FN4O/c1-20(2,3)19-22-8-12-9-25(11-17(12)24-19)10-14-7-18(26)15-6-13(21)4-5-16(15)23-14/h4-8H,9-11H2,1-3H3,(H,23,26). The van der Waals surface area contributed by atoms with Gasteiger partial charge in [-0.05, 0) is 18.2 Å². The van der Waals surface area contributed by atoms with Crippen molar-refractivity contribution < 1.29 is 4.39 Å². The molecular weight excluding hydrogens is 331 g/mol. The third kappa shape index (κ3) is 3.12. The van der Waals surface area contributed by atoms with E-state index >= 15 is 0 Å². The molecule has 26 heavy (non-hydrogen) atoms. The molecule has 0 atom stereocenters. The lowest BCUT2D eigenvalue weighted by Crippen LogP contribution is -2.19. The summed E-state index contributed by atoms with van der Waals surface area (Å²) >= 11 is 0. The molecule has 0 bridgehead atoms. The normalized spacial score (nSPS) is 14.8. The fourth-order valence-corrected chi connectivity index (χ4v) is 3.29. The van der Waals surface area contributed by atoms with E-state index < -0.39 is 5.82 Å². The van der Waals surface area contributed by atoms with Crippen molar-refractivity contribution in [1.29, 1.82) is 0 Å². The van der Waals surface area contributed by atoms with Crippen molar-refractivity contribution in [2.45, 2.75) is 45.8 Å². The van der Waals surface area contributed by atoms with E-state index in [2.05, 4.69) is 35.6 Å². The van der Waals surface area contributed by atoms with Crippen LogP contribution in [0, 0.1) is 5.82 Å². The number of H-pyrrole nitrogens is 1. The van der Waals surface area contributed by atoms with Crippen molar-refractivity contribution >= 4 is 10.9 Å². The fraction of sp³-hybridized carbons (Fsp3) is 0.350. The Bertz CT molecular complexity index is 1050. The Hall–Kier alpha value is -2.60. The summed E-state index contributed by atoms with van der Waals surface area (Å²) < 4.78 is 13.3. The van der Waals surface area contributed by atoms with E-state index in [-0.39, 0.29) is 10.8 Å². The number of hydrogen-bond acceptors (Lipinski definition) is 4. The first-order valence-electron chi connectivity index (χ1n) is 8.69. The summed E-state index contributed by atoms with van der Waals surface area (Å²) in [4.78, 5) is 26.9. The van der Waals surface area contributed by atoms with Gasteiger partial charge in [0.05, 0.1) is 5.69 Å². The largest absolute Gasteiger partial charge is 0.357 e. The SMILES string of the molecule is CC(C)(C)c1ncc2c(n1)CN(Cc1cc(=O)c3cc(F)ccc3[nH]1)C2. The molecule has 0 saturated heterocycles. The van der Waals surface area contributed by atoms with Gasteiger partial charge in [0.2, 0.25) is 0 Å². The Balaban J connectivity index is 1.58. The summed E-state index contributed by atoms with van der Waals surface area (Å²) in [7, 11) is 0. The van der Waals surface area contributed by atoms with Gasteiger partial charge in [-0.15, -0.1) is 0 Å². The van der Waals surface area contributed by atoms with Crippen LogP contribution < -0.4 is 5.43 Å². The van der Waals surface area contributed by atoms with Crippen molar-refractivity contribution in [2.75, 3.05) is 0 Å². The maximum absolute atomic E-state index is 13.3. The van der Waals surface area contributed by atoms with Crippen LogP contribution in [-0.4, -0.2) is 19.9 Å². The zero-order valence-corrected chi connectivity index (χ0v) is 15.1. The van der Waals surface area contributed by atoms with E-state index in [1.165, 1.54) is 12.1 Å². The van der Waals surface area contributed by atoms with Crippen molar-refractivity contribution in [3.63, 3.8) is 0 Å². The molecule has 0 spiro atoms. The Morgan fingerprint density at radius 2 is 2.04 bits per heavy atom. The molecule has 3 heterocycles. The first-order chi connectivity index (χ1) is 12.3. The molecule has 6 heteroatoms. The molecule has 0 fully saturated rings. The lowest BCUT2D eigenvalue weighted by atomic mass is 9.95. The minimum absolute atomic E-state index is 0.0820. The van der Waals surface area contributed by atoms with Gasteiger partial charge in [0.1, 0.15) is 11.6 Å². The van der Waals surface area contributed by atoms with Crippen LogP contribution in [0.4, 0.5) is 4.39 Å². The highest BCUT2D eigenvalue weighted by atomic mass is 19.1. The molecule has 0 aliphatic carbocycles. The van der Waals surface area contributed by atoms with Crippen LogP contribution in [0.15, 0.2) is 35.3 Å². The summed E-state index contributed by atoms with van der Waals surface area (Å²) in [5, 5.41) is 0.374. The molecule has 1 aromatic carbocycles. The van der Waals surface area contributed by atoms with Crippen LogP contribution in [0.2, 0.25) is 0 Å². The second kappa shape index (κ2) is 5.99. The van der Waals surface area contributed by atoms with Crippen LogP contribution in [0.1, 0.15) is 43.5 Å². The lowest BCUT2D eigenvalue weighted by molar-refractivity contribution is 0.270. The van der Waals surface area contributed by atoms with E-state index in [1.807, 2.05) is 6.20 Å². The monoisotopic (exact) mass is 352 g/mol. The zero-order chi connectivity index (χ0) is 18.5. The number of nitrogens with one attached hydrogen (secondary N) is 1. The third-order valence-electron chi connectivity index (χ3n) is 4.63. The second-order valence-corrected chi connectivity index (χ2v) is 7.91. The van der Waals surface area contributed by atoms with Gasteiger partial charge in [-0.1, -0.05) is 20.8 Å². The minimum atomic E-state index is -0.404. The number of halogens is 1. The Morgan fingerprint density at radius 3 is 2.81 bits per heavy atom. The van der Waals surface area contributed by atoms with Crippen LogP contribution in [-0.2, 0) is 25.0 Å². The van der Waals surface area contributed by atoms with Crippen LogP contribution >= 0.6 is 0 Å². The number of aromatic nitrogens is 3. The van der Waals surface area contributed by atoms with Crippen LogP contribution in [0.25, 0.3) is 10.9 Å². The summed E-state index contributed by atoms with van der Waals surface area (Å²) in [6.45, 7) is 8.38. The van der Waals surface area contributed by atoms with Gasteiger partial charge >= 0.3 is 0 Å². The molecule has 2 aromatic heterocycles. The van der Waals surface area contributed by atoms with Gasteiger partial charge in [0.25, 0.3) is 0 Å². The van der Waals surface area contributed by atoms with Gasteiger partial charge < -0.3 is 4.98 Å². The Labute approximate surface area is 150 Å². The number of hydrogen-bond donors (Lipinski definition) is 1. The van der Waals surface area contributed by atoms with E-state index in [0.717, 1.165) is 35.9 Å². The molecule has 0 amide bonds. The maximum Gasteiger partial charge on any atom is 0.189 e. The van der Waals surface area contributed by atoms with Crippen molar-refractivity contribution in [3.05, 3.63) is 69.3 Å². The number of fused-ring (bicyclic) bond motifs is 2. The summed E-state index contributed by atoms with van der Waals surface area (Å²) in [5.41, 5.74) is 3.39. The Morgan fingerprint density at radius 1 is 1.23 bits per heavy atom. The van der Waals surface area contributed by atoms with E-state index in [9.17, 15) is 9.18 Å². The average molecular weight is 352 g/mol. The topological polar surface area (TPSA) is 61.9 Å². The number of nitrogens with zero attached hydrogens (tertiary/aromatic N) is 3. The van der Waals surface area contributed by atoms with E-state index in [1.54, 1.807) is 12.1 Å². The van der Waals surface area contributed by atoms with Gasteiger partial charge in [0.15, 0.2) is 5.43 Å². The first-order valence-corrected chi connectivity index (χ1v) is 8.69. The summed E-state index contributed by atoms with van der Waals surface area (Å²) in [6, 6.07) is 5.79. The van der Waals surface area contributed by atoms with Crippen molar-refractivity contribution in [3.8, 4) is 0 Å². The van der Waals surface area contributed by atoms with Crippen LogP contribution in [0.3, 0.4) is 0 Å². The first kappa shape index (κ1) is 16.8. The highest BCUT2D eigenvalue weighted by Gasteiger charge is 2.25. The molecule has 1 aliphatic heterocycles. The predicted molar refractivity (Wildman–Crippen MR) is 98.2 cm³/mol. The molecule has 134 valence electrons. The third-order valence-corrected chi connectivity index (χ3v) is 4.63. The summed E-state index contributed by atoms with van der Waals surface area (Å²) in [6.07, 6.45) is 1.91. The highest BCUT2D eigenvalue weighted by Crippen LogP contribution is 2.25. The molecule has 5 nitrogen and oxygen atoms in total. The number of aromatic amines is 1. The molecule has 1 aliphatic rings. The quantitative estimate of drug-likeness (QED) is 0.769. The molecule has 3 aromatic rings. The van der Waals surface area contributed by atoms with E-state index in [0.29, 0.717) is 17.4 Å². The number of rotatable bonds is 2. The highest BCUT2D eigenvalue weighted by molar-refractivity contribution is 5.78. The molecule has 4 rings (SSSR count). The molecule has 0 saturated carbocycles. The van der Waals surface area contributed by atoms with Crippen LogP contribution in [0.5, 0.6) is 0 Å². The van der Waals surface area contributed by atoms with Crippen molar-refractivity contribution in [1.82, 2.24) is 19.9 Å². The smallest absolute Gasteiger partial charge is 0.189 e. The van der Waals surface area contributed by atoms with Gasteiger partial charge in [0, 0.05) is 59.5 Å². The maximum atomic E-state index is 13.3. The Kier molecular flexibility index (Phi) is 3.88. The molecule has 1 N–H and O–H groups in total. The van der Waals surface area contributed by atoms with Gasteiger partial charge in [-0.25, -0.2) is 14.4 Å². The molecular formula is C20H21FN4O. The average Bonchev–Trinajstić information content (AvgIpc) is 2.96. The predicted octanol–water partition coefficient (Wildman–Crippen LogP) is 3.27. The van der Waals surface area contributed by atoms with Crippen molar-refractivity contribution in [2.24, 2.45) is 0 Å². The summed E-state index contributed by atoms with van der Waals surface area (Å²) in [5.74, 6) is 0.443. The van der Waals surface area contributed by atoms with E-state index in [4.69, 9.17) is 4.98 Å². The lowest BCUT2D eigenvalue weighted by Gasteiger charge is -2.16. The molecule has 0 unspecified atom stereocenters. The number of benzene rings is 1. The minimum Gasteiger partial charge on any atom is -0.357 e. The number of pyridine rings is 1.